The number of hydrogen-bond donors (Lipinski definition) is 0. The third-order valence-electron chi connectivity index (χ3n) is 2.91. The van der Waals surface area contributed by atoms with E-state index in [-0.39, 0.29) is 0 Å². The summed E-state index contributed by atoms with van der Waals surface area (Å²) in [7, 11) is 6.07. The molecule has 4 heteroatoms. The minimum atomic E-state index is 0.732. The molecule has 19 heavy (non-hydrogen) atoms. The number of nitrogens with zero attached hydrogens (tertiary/aromatic N) is 3. The molecule has 1 heterocycles. The highest BCUT2D eigenvalue weighted by molar-refractivity contribution is 5.69. The summed E-state index contributed by atoms with van der Waals surface area (Å²) in [6.45, 7) is 1.77. The summed E-state index contributed by atoms with van der Waals surface area (Å²) in [6, 6.07) is 8.10. The van der Waals surface area contributed by atoms with E-state index in [0.29, 0.717) is 0 Å². The summed E-state index contributed by atoms with van der Waals surface area (Å²) in [6.07, 6.45) is 4.89. The molecule has 0 bridgehead atoms. The number of hydrogen-bond acceptors (Lipinski definition) is 3. The normalized spacial score (nSPS) is 10.9. The van der Waals surface area contributed by atoms with Gasteiger partial charge in [-0.15, -0.1) is 0 Å². The van der Waals surface area contributed by atoms with Crippen LogP contribution in [0, 0.1) is 0 Å². The number of ether oxygens (including phenoxy) is 1. The molecule has 0 aliphatic carbocycles. The molecule has 0 N–H and O–H groups in total. The second kappa shape index (κ2) is 6.38. The van der Waals surface area contributed by atoms with Gasteiger partial charge in [-0.1, -0.05) is 18.2 Å². The molecule has 4 nitrogen and oxygen atoms in total. The Morgan fingerprint density at radius 3 is 2.74 bits per heavy atom. The zero-order valence-corrected chi connectivity index (χ0v) is 11.8. The average Bonchev–Trinajstić information content (AvgIpc) is 2.81. The fraction of sp³-hybridized carbons (Fsp3) is 0.400. The van der Waals surface area contributed by atoms with Crippen molar-refractivity contribution in [1.82, 2.24) is 14.7 Å². The molecule has 0 saturated heterocycles. The summed E-state index contributed by atoms with van der Waals surface area (Å²) in [5.41, 5.74) is 2.19. The molecule has 2 aromatic rings. The summed E-state index contributed by atoms with van der Waals surface area (Å²) in [5, 5.41) is 4.21. The lowest BCUT2D eigenvalue weighted by molar-refractivity contribution is 0.282. The van der Waals surface area contributed by atoms with E-state index in [1.807, 2.05) is 37.6 Å². The van der Waals surface area contributed by atoms with Crippen molar-refractivity contribution in [2.45, 2.75) is 6.42 Å². The second-order valence-corrected chi connectivity index (χ2v) is 4.90. The van der Waals surface area contributed by atoms with Gasteiger partial charge in [0.05, 0.1) is 12.8 Å². The van der Waals surface area contributed by atoms with Crippen LogP contribution in [0.1, 0.15) is 6.42 Å². The molecule has 0 saturated carbocycles. The lowest BCUT2D eigenvalue weighted by atomic mass is 10.1. The first-order chi connectivity index (χ1) is 9.16. The SMILES string of the molecule is CN(C)CCCOc1ccccc1-c1cnn(C)c1. The molecule has 0 unspecified atom stereocenters. The molecular weight excluding hydrogens is 238 g/mol. The summed E-state index contributed by atoms with van der Waals surface area (Å²) >= 11 is 0. The van der Waals surface area contributed by atoms with Crippen molar-refractivity contribution in [3.05, 3.63) is 36.7 Å². The maximum atomic E-state index is 5.89. The topological polar surface area (TPSA) is 30.3 Å². The first-order valence-corrected chi connectivity index (χ1v) is 6.52. The zero-order valence-electron chi connectivity index (χ0n) is 11.8. The summed E-state index contributed by atoms with van der Waals surface area (Å²) in [5.74, 6) is 0.925. The van der Waals surface area contributed by atoms with Crippen molar-refractivity contribution in [3.63, 3.8) is 0 Å². The van der Waals surface area contributed by atoms with Gasteiger partial charge in [-0.25, -0.2) is 0 Å². The van der Waals surface area contributed by atoms with E-state index in [1.54, 1.807) is 4.68 Å². The lowest BCUT2D eigenvalue weighted by Gasteiger charge is -2.12. The monoisotopic (exact) mass is 259 g/mol. The smallest absolute Gasteiger partial charge is 0.127 e. The van der Waals surface area contributed by atoms with Crippen LogP contribution in [0.2, 0.25) is 0 Å². The van der Waals surface area contributed by atoms with Gasteiger partial charge in [0.15, 0.2) is 0 Å². The first kappa shape index (κ1) is 13.6. The Morgan fingerprint density at radius 1 is 1.26 bits per heavy atom. The van der Waals surface area contributed by atoms with Gasteiger partial charge in [0, 0.05) is 30.9 Å². The highest BCUT2D eigenvalue weighted by atomic mass is 16.5. The molecule has 0 aliphatic rings. The van der Waals surface area contributed by atoms with E-state index in [0.717, 1.165) is 36.4 Å². The highest BCUT2D eigenvalue weighted by Gasteiger charge is 2.07. The molecule has 102 valence electrons. The molecule has 0 fully saturated rings. The van der Waals surface area contributed by atoms with E-state index < -0.39 is 0 Å². The third-order valence-corrected chi connectivity index (χ3v) is 2.91. The Hall–Kier alpha value is -1.81. The predicted molar refractivity (Wildman–Crippen MR) is 77.3 cm³/mol. The Bertz CT molecular complexity index is 520. The quantitative estimate of drug-likeness (QED) is 0.746. The van der Waals surface area contributed by atoms with Crippen molar-refractivity contribution >= 4 is 0 Å². The second-order valence-electron chi connectivity index (χ2n) is 4.90. The first-order valence-electron chi connectivity index (χ1n) is 6.52. The minimum Gasteiger partial charge on any atom is -0.493 e. The van der Waals surface area contributed by atoms with Gasteiger partial charge in [-0.2, -0.15) is 5.10 Å². The van der Waals surface area contributed by atoms with E-state index in [4.69, 9.17) is 4.74 Å². The summed E-state index contributed by atoms with van der Waals surface area (Å²) in [4.78, 5) is 2.16. The molecule has 1 aromatic heterocycles. The average molecular weight is 259 g/mol. The molecule has 0 amide bonds. The van der Waals surface area contributed by atoms with Gasteiger partial charge in [0.1, 0.15) is 5.75 Å². The van der Waals surface area contributed by atoms with Gasteiger partial charge in [-0.3, -0.25) is 4.68 Å². The highest BCUT2D eigenvalue weighted by Crippen LogP contribution is 2.29. The van der Waals surface area contributed by atoms with Crippen LogP contribution >= 0.6 is 0 Å². The minimum absolute atomic E-state index is 0.732. The molecule has 2 rings (SSSR count). The van der Waals surface area contributed by atoms with Crippen LogP contribution in [-0.2, 0) is 7.05 Å². The number of rotatable bonds is 6. The van der Waals surface area contributed by atoms with Crippen molar-refractivity contribution in [3.8, 4) is 16.9 Å². The molecule has 0 spiro atoms. The fourth-order valence-electron chi connectivity index (χ4n) is 1.95. The van der Waals surface area contributed by atoms with E-state index in [9.17, 15) is 0 Å². The van der Waals surface area contributed by atoms with E-state index in [1.165, 1.54) is 0 Å². The lowest BCUT2D eigenvalue weighted by Crippen LogP contribution is -2.15. The largest absolute Gasteiger partial charge is 0.493 e. The number of para-hydroxylation sites is 1. The molecule has 0 radical (unpaired) electrons. The van der Waals surface area contributed by atoms with Crippen molar-refractivity contribution in [2.24, 2.45) is 7.05 Å². The number of aryl methyl sites for hydroxylation is 1. The molecule has 0 aliphatic heterocycles. The van der Waals surface area contributed by atoms with E-state index in [2.05, 4.69) is 30.2 Å². The van der Waals surface area contributed by atoms with Gasteiger partial charge in [-0.05, 0) is 26.6 Å². The maximum absolute atomic E-state index is 5.89. The van der Waals surface area contributed by atoms with Crippen LogP contribution in [0.3, 0.4) is 0 Å². The van der Waals surface area contributed by atoms with E-state index >= 15 is 0 Å². The van der Waals surface area contributed by atoms with Gasteiger partial charge in [0.2, 0.25) is 0 Å². The third kappa shape index (κ3) is 3.83. The summed E-state index contributed by atoms with van der Waals surface area (Å²) < 4.78 is 7.69. The van der Waals surface area contributed by atoms with Gasteiger partial charge < -0.3 is 9.64 Å². The van der Waals surface area contributed by atoms with Crippen molar-refractivity contribution < 1.29 is 4.74 Å². The fourth-order valence-corrected chi connectivity index (χ4v) is 1.95. The Balaban J connectivity index is 2.04. The molecule has 0 atom stereocenters. The Labute approximate surface area is 114 Å². The van der Waals surface area contributed by atoms with Gasteiger partial charge >= 0.3 is 0 Å². The molecule has 1 aromatic carbocycles. The van der Waals surface area contributed by atoms with Crippen LogP contribution in [0.25, 0.3) is 11.1 Å². The number of benzene rings is 1. The van der Waals surface area contributed by atoms with Crippen molar-refractivity contribution in [1.29, 1.82) is 0 Å². The van der Waals surface area contributed by atoms with Crippen LogP contribution in [0.4, 0.5) is 0 Å². The predicted octanol–water partition coefficient (Wildman–Crippen LogP) is 2.42. The van der Waals surface area contributed by atoms with Crippen LogP contribution < -0.4 is 4.74 Å². The van der Waals surface area contributed by atoms with Crippen LogP contribution in [0.5, 0.6) is 5.75 Å². The maximum Gasteiger partial charge on any atom is 0.127 e. The van der Waals surface area contributed by atoms with Crippen LogP contribution in [0.15, 0.2) is 36.7 Å². The Kier molecular flexibility index (Phi) is 4.58. The van der Waals surface area contributed by atoms with Crippen molar-refractivity contribution in [2.75, 3.05) is 27.2 Å². The zero-order chi connectivity index (χ0) is 13.7. The number of aromatic nitrogens is 2. The van der Waals surface area contributed by atoms with Gasteiger partial charge in [0.25, 0.3) is 0 Å². The standard InChI is InChI=1S/C15H21N3O/c1-17(2)9-6-10-19-15-8-5-4-7-14(15)13-11-16-18(3)12-13/h4-5,7-8,11-12H,6,9-10H2,1-3H3. The van der Waals surface area contributed by atoms with Crippen LogP contribution in [-0.4, -0.2) is 41.9 Å². The Morgan fingerprint density at radius 2 is 2.05 bits per heavy atom. The molecular formula is C15H21N3O.